The van der Waals surface area contributed by atoms with Crippen LogP contribution >= 0.6 is 0 Å². The Kier molecular flexibility index (Phi) is 3.67. The quantitative estimate of drug-likeness (QED) is 0.845. The maximum absolute atomic E-state index is 13.6. The minimum atomic E-state index is -0.496. The highest BCUT2D eigenvalue weighted by molar-refractivity contribution is 5.56. The van der Waals surface area contributed by atoms with E-state index in [1.54, 1.807) is 0 Å². The third-order valence-electron chi connectivity index (χ3n) is 2.52. The molecule has 0 heterocycles. The van der Waals surface area contributed by atoms with Crippen molar-refractivity contribution in [2.45, 2.75) is 6.61 Å². The van der Waals surface area contributed by atoms with E-state index in [4.69, 9.17) is 15.2 Å². The van der Waals surface area contributed by atoms with Crippen LogP contribution in [-0.4, -0.2) is 7.11 Å². The van der Waals surface area contributed by atoms with Crippen LogP contribution < -0.4 is 15.2 Å². The van der Waals surface area contributed by atoms with Gasteiger partial charge in [-0.05, 0) is 5.56 Å². The Bertz CT molecular complexity index is 529. The minimum absolute atomic E-state index is 0.130. The second-order valence-corrected chi connectivity index (χ2v) is 3.80. The first-order valence-corrected chi connectivity index (χ1v) is 5.50. The highest BCUT2D eigenvalue weighted by atomic mass is 19.1. The monoisotopic (exact) mass is 247 g/mol. The van der Waals surface area contributed by atoms with Crippen LogP contribution in [-0.2, 0) is 6.61 Å². The molecule has 3 nitrogen and oxygen atoms in total. The van der Waals surface area contributed by atoms with E-state index in [9.17, 15) is 4.39 Å². The van der Waals surface area contributed by atoms with Crippen LogP contribution in [0.2, 0.25) is 0 Å². The Morgan fingerprint density at radius 1 is 1.11 bits per heavy atom. The maximum Gasteiger partial charge on any atom is 0.167 e. The van der Waals surface area contributed by atoms with Crippen molar-refractivity contribution in [3.05, 3.63) is 53.8 Å². The van der Waals surface area contributed by atoms with Gasteiger partial charge in [0.15, 0.2) is 11.6 Å². The van der Waals surface area contributed by atoms with Gasteiger partial charge in [0.2, 0.25) is 0 Å². The molecule has 0 fully saturated rings. The van der Waals surface area contributed by atoms with E-state index in [-0.39, 0.29) is 11.4 Å². The Balaban J connectivity index is 2.14. The summed E-state index contributed by atoms with van der Waals surface area (Å²) in [6.45, 7) is 0.296. The highest BCUT2D eigenvalue weighted by Gasteiger charge is 2.09. The van der Waals surface area contributed by atoms with Gasteiger partial charge in [0.1, 0.15) is 12.4 Å². The molecule has 0 atom stereocenters. The number of nitrogen functional groups attached to an aromatic ring is 1. The predicted molar refractivity (Wildman–Crippen MR) is 68.1 cm³/mol. The number of nitrogens with two attached hydrogens (primary N) is 1. The van der Waals surface area contributed by atoms with Gasteiger partial charge in [-0.1, -0.05) is 30.3 Å². The number of hydrogen-bond donors (Lipinski definition) is 1. The van der Waals surface area contributed by atoms with E-state index >= 15 is 0 Å². The molecule has 0 radical (unpaired) electrons. The molecular weight excluding hydrogens is 233 g/mol. The van der Waals surface area contributed by atoms with Crippen LogP contribution in [0, 0.1) is 5.82 Å². The topological polar surface area (TPSA) is 44.5 Å². The molecule has 4 heteroatoms. The van der Waals surface area contributed by atoms with Crippen LogP contribution in [0.25, 0.3) is 0 Å². The third-order valence-corrected chi connectivity index (χ3v) is 2.52. The van der Waals surface area contributed by atoms with Gasteiger partial charge < -0.3 is 15.2 Å². The van der Waals surface area contributed by atoms with E-state index in [0.717, 1.165) is 5.56 Å². The van der Waals surface area contributed by atoms with E-state index in [2.05, 4.69) is 0 Å². The zero-order valence-electron chi connectivity index (χ0n) is 10.0. The zero-order chi connectivity index (χ0) is 13.0. The molecule has 2 N–H and O–H groups in total. The molecule has 2 rings (SSSR count). The van der Waals surface area contributed by atoms with Gasteiger partial charge in [-0.25, -0.2) is 4.39 Å². The van der Waals surface area contributed by atoms with Crippen molar-refractivity contribution < 1.29 is 13.9 Å². The summed E-state index contributed by atoms with van der Waals surface area (Å²) in [5, 5.41) is 0. The fourth-order valence-corrected chi connectivity index (χ4v) is 1.57. The second kappa shape index (κ2) is 5.40. The number of halogens is 1. The number of rotatable bonds is 4. The molecule has 0 aliphatic rings. The Morgan fingerprint density at radius 2 is 1.83 bits per heavy atom. The summed E-state index contributed by atoms with van der Waals surface area (Å²) >= 11 is 0. The van der Waals surface area contributed by atoms with Crippen LogP contribution in [0.3, 0.4) is 0 Å². The smallest absolute Gasteiger partial charge is 0.167 e. The second-order valence-electron chi connectivity index (χ2n) is 3.80. The number of ether oxygens (including phenoxy) is 2. The molecule has 0 bridgehead atoms. The van der Waals surface area contributed by atoms with Crippen LogP contribution in [0.15, 0.2) is 42.5 Å². The van der Waals surface area contributed by atoms with Gasteiger partial charge in [-0.15, -0.1) is 0 Å². The van der Waals surface area contributed by atoms with Gasteiger partial charge in [-0.3, -0.25) is 0 Å². The summed E-state index contributed by atoms with van der Waals surface area (Å²) in [5.41, 5.74) is 6.80. The number of methoxy groups -OCH3 is 1. The third kappa shape index (κ3) is 2.71. The Hall–Kier alpha value is -2.23. The summed E-state index contributed by atoms with van der Waals surface area (Å²) in [6, 6.07) is 12.2. The molecule has 18 heavy (non-hydrogen) atoms. The standard InChI is InChI=1S/C14H14FNO2/c1-17-14-8-13(11(15)7-12(14)16)18-9-10-5-3-2-4-6-10/h2-8H,9,16H2,1H3. The van der Waals surface area contributed by atoms with Gasteiger partial charge in [0.05, 0.1) is 12.8 Å². The van der Waals surface area contributed by atoms with Crippen molar-refractivity contribution in [1.82, 2.24) is 0 Å². The molecule has 0 aliphatic heterocycles. The van der Waals surface area contributed by atoms with Crippen molar-refractivity contribution in [2.75, 3.05) is 12.8 Å². The first-order chi connectivity index (χ1) is 8.70. The summed E-state index contributed by atoms with van der Waals surface area (Å²) < 4.78 is 24.0. The lowest BCUT2D eigenvalue weighted by molar-refractivity contribution is 0.288. The average Bonchev–Trinajstić information content (AvgIpc) is 2.39. The molecule has 0 saturated carbocycles. The first-order valence-electron chi connectivity index (χ1n) is 5.50. The fraction of sp³-hybridized carbons (Fsp3) is 0.143. The zero-order valence-corrected chi connectivity index (χ0v) is 10.0. The predicted octanol–water partition coefficient (Wildman–Crippen LogP) is 3.00. The molecule has 2 aromatic carbocycles. The lowest BCUT2D eigenvalue weighted by atomic mass is 10.2. The Morgan fingerprint density at radius 3 is 2.50 bits per heavy atom. The number of hydrogen-bond acceptors (Lipinski definition) is 3. The van der Waals surface area contributed by atoms with Crippen LogP contribution in [0.1, 0.15) is 5.56 Å². The maximum atomic E-state index is 13.6. The van der Waals surface area contributed by atoms with Gasteiger partial charge >= 0.3 is 0 Å². The summed E-state index contributed by atoms with van der Waals surface area (Å²) in [5.74, 6) is 0.0357. The lowest BCUT2D eigenvalue weighted by Gasteiger charge is -2.10. The van der Waals surface area contributed by atoms with Crippen LogP contribution in [0.5, 0.6) is 11.5 Å². The lowest BCUT2D eigenvalue weighted by Crippen LogP contribution is -2.00. The largest absolute Gasteiger partial charge is 0.494 e. The van der Waals surface area contributed by atoms with E-state index in [0.29, 0.717) is 12.4 Å². The molecule has 0 saturated heterocycles. The minimum Gasteiger partial charge on any atom is -0.494 e. The normalized spacial score (nSPS) is 10.1. The molecule has 0 spiro atoms. The summed E-state index contributed by atoms with van der Waals surface area (Å²) in [7, 11) is 1.48. The fourth-order valence-electron chi connectivity index (χ4n) is 1.57. The van der Waals surface area contributed by atoms with E-state index in [1.165, 1.54) is 19.2 Å². The summed E-state index contributed by atoms with van der Waals surface area (Å²) in [6.07, 6.45) is 0. The summed E-state index contributed by atoms with van der Waals surface area (Å²) in [4.78, 5) is 0. The molecule has 2 aromatic rings. The van der Waals surface area contributed by atoms with Crippen molar-refractivity contribution in [1.29, 1.82) is 0 Å². The SMILES string of the molecule is COc1cc(OCc2ccccc2)c(F)cc1N. The molecule has 94 valence electrons. The first kappa shape index (κ1) is 12.2. The molecular formula is C14H14FNO2. The molecule has 0 aliphatic carbocycles. The van der Waals surface area contributed by atoms with Gasteiger partial charge in [-0.2, -0.15) is 0 Å². The van der Waals surface area contributed by atoms with Crippen molar-refractivity contribution >= 4 is 5.69 Å². The van der Waals surface area contributed by atoms with Crippen molar-refractivity contribution in [2.24, 2.45) is 0 Å². The average molecular weight is 247 g/mol. The van der Waals surface area contributed by atoms with E-state index < -0.39 is 5.82 Å². The van der Waals surface area contributed by atoms with Crippen molar-refractivity contribution in [3.63, 3.8) is 0 Å². The molecule has 0 unspecified atom stereocenters. The van der Waals surface area contributed by atoms with Crippen molar-refractivity contribution in [3.8, 4) is 11.5 Å². The van der Waals surface area contributed by atoms with Gasteiger partial charge in [0, 0.05) is 12.1 Å². The van der Waals surface area contributed by atoms with E-state index in [1.807, 2.05) is 30.3 Å². The highest BCUT2D eigenvalue weighted by Crippen LogP contribution is 2.30. The Labute approximate surface area is 105 Å². The number of anilines is 1. The van der Waals surface area contributed by atoms with Gasteiger partial charge in [0.25, 0.3) is 0 Å². The molecule has 0 amide bonds. The molecule has 0 aromatic heterocycles. The van der Waals surface area contributed by atoms with Crippen LogP contribution in [0.4, 0.5) is 10.1 Å². The number of benzene rings is 2.